The minimum atomic E-state index is 0.424. The molecular weight excluding hydrogens is 146 g/mol. The van der Waals surface area contributed by atoms with E-state index in [1.165, 1.54) is 32.2 Å². The van der Waals surface area contributed by atoms with Gasteiger partial charge in [0.1, 0.15) is 0 Å². The van der Waals surface area contributed by atoms with Crippen molar-refractivity contribution >= 4 is 0 Å². The van der Waals surface area contributed by atoms with Crippen LogP contribution in [-0.4, -0.2) is 12.1 Å². The fourth-order valence-electron chi connectivity index (χ4n) is 2.19. The Kier molecular flexibility index (Phi) is 1.76. The van der Waals surface area contributed by atoms with Crippen LogP contribution in [0.2, 0.25) is 0 Å². The van der Waals surface area contributed by atoms with Gasteiger partial charge in [-0.2, -0.15) is 0 Å². The lowest BCUT2D eigenvalue weighted by molar-refractivity contribution is 0.159. The minimum absolute atomic E-state index is 0.424. The lowest BCUT2D eigenvalue weighted by atomic mass is 9.77. The molecule has 0 amide bonds. The predicted molar refractivity (Wildman–Crippen MR) is 52.1 cm³/mol. The van der Waals surface area contributed by atoms with Gasteiger partial charge in [0.15, 0.2) is 0 Å². The Morgan fingerprint density at radius 1 is 1.08 bits per heavy atom. The van der Waals surface area contributed by atoms with E-state index in [9.17, 15) is 0 Å². The first-order chi connectivity index (χ1) is 5.56. The predicted octanol–water partition coefficient (Wildman–Crippen LogP) is 2.56. The molecule has 70 valence electrons. The molecule has 1 N–H and O–H groups in total. The summed E-state index contributed by atoms with van der Waals surface area (Å²) in [6.07, 6.45) is 5.81. The third-order valence-electron chi connectivity index (χ3n) is 4.27. The molecule has 1 spiro atoms. The molecule has 1 heterocycles. The molecule has 1 heteroatoms. The highest BCUT2D eigenvalue weighted by Gasteiger charge is 2.48. The summed E-state index contributed by atoms with van der Waals surface area (Å²) in [7, 11) is 0. The molecule has 1 unspecified atom stereocenters. The van der Waals surface area contributed by atoms with Crippen molar-refractivity contribution in [1.29, 1.82) is 0 Å². The Morgan fingerprint density at radius 2 is 1.67 bits per heavy atom. The van der Waals surface area contributed by atoms with Crippen molar-refractivity contribution in [2.45, 2.75) is 52.0 Å². The van der Waals surface area contributed by atoms with E-state index in [-0.39, 0.29) is 0 Å². The Labute approximate surface area is 75.9 Å². The highest BCUT2D eigenvalue weighted by atomic mass is 15.0. The summed E-state index contributed by atoms with van der Waals surface area (Å²) >= 11 is 0. The van der Waals surface area contributed by atoms with E-state index >= 15 is 0 Å². The van der Waals surface area contributed by atoms with Crippen LogP contribution >= 0.6 is 0 Å². The Morgan fingerprint density at radius 3 is 2.00 bits per heavy atom. The molecule has 0 aromatic rings. The number of piperidine rings is 1. The molecule has 12 heavy (non-hydrogen) atoms. The number of hydrogen-bond donors (Lipinski definition) is 1. The first-order valence-corrected chi connectivity index (χ1v) is 5.31. The highest BCUT2D eigenvalue weighted by Crippen LogP contribution is 2.52. The van der Waals surface area contributed by atoms with Gasteiger partial charge in [0.05, 0.1) is 0 Å². The van der Waals surface area contributed by atoms with Crippen molar-refractivity contribution < 1.29 is 0 Å². The van der Waals surface area contributed by atoms with Crippen molar-refractivity contribution in [1.82, 2.24) is 5.32 Å². The quantitative estimate of drug-likeness (QED) is 0.633. The van der Waals surface area contributed by atoms with Crippen molar-refractivity contribution in [3.63, 3.8) is 0 Å². The normalized spacial score (nSPS) is 39.0. The molecule has 1 aliphatic carbocycles. The molecule has 1 saturated heterocycles. The number of nitrogens with one attached hydrogen (secondary N) is 1. The molecule has 2 fully saturated rings. The Bertz CT molecular complexity index is 169. The van der Waals surface area contributed by atoms with Gasteiger partial charge in [-0.25, -0.2) is 0 Å². The van der Waals surface area contributed by atoms with Crippen LogP contribution in [-0.2, 0) is 0 Å². The largest absolute Gasteiger partial charge is 0.311 e. The zero-order valence-corrected chi connectivity index (χ0v) is 8.61. The third-order valence-corrected chi connectivity index (χ3v) is 4.27. The molecule has 1 saturated carbocycles. The summed E-state index contributed by atoms with van der Waals surface area (Å²) in [5.74, 6) is 0.772. The minimum Gasteiger partial charge on any atom is -0.311 e. The standard InChI is InChI=1S/C11H21N/c1-9(2)10(3)4-5-11(6-7-11)8-12-10/h9,12H,4-8H2,1-3H3. The lowest BCUT2D eigenvalue weighted by Crippen LogP contribution is -2.53. The molecule has 1 atom stereocenters. The molecule has 0 radical (unpaired) electrons. The molecule has 0 aromatic carbocycles. The fraction of sp³-hybridized carbons (Fsp3) is 1.00. The summed E-state index contributed by atoms with van der Waals surface area (Å²) in [5.41, 5.74) is 1.18. The van der Waals surface area contributed by atoms with E-state index in [2.05, 4.69) is 26.1 Å². The summed E-state index contributed by atoms with van der Waals surface area (Å²) in [4.78, 5) is 0. The van der Waals surface area contributed by atoms with Crippen molar-refractivity contribution in [2.75, 3.05) is 6.54 Å². The van der Waals surface area contributed by atoms with Crippen LogP contribution in [0.25, 0.3) is 0 Å². The topological polar surface area (TPSA) is 12.0 Å². The van der Waals surface area contributed by atoms with Crippen LogP contribution < -0.4 is 5.32 Å². The van der Waals surface area contributed by atoms with Crippen LogP contribution in [0.5, 0.6) is 0 Å². The van der Waals surface area contributed by atoms with Crippen molar-refractivity contribution in [3.05, 3.63) is 0 Å². The molecule has 1 nitrogen and oxygen atoms in total. The van der Waals surface area contributed by atoms with Gasteiger partial charge in [0.2, 0.25) is 0 Å². The van der Waals surface area contributed by atoms with E-state index in [0.29, 0.717) is 5.54 Å². The van der Waals surface area contributed by atoms with Gasteiger partial charge >= 0.3 is 0 Å². The van der Waals surface area contributed by atoms with Crippen LogP contribution in [0.4, 0.5) is 0 Å². The third kappa shape index (κ3) is 1.28. The number of hydrogen-bond acceptors (Lipinski definition) is 1. The second-order valence-corrected chi connectivity index (χ2v) is 5.43. The van der Waals surface area contributed by atoms with E-state index in [1.807, 2.05) is 0 Å². The van der Waals surface area contributed by atoms with Gasteiger partial charge in [-0.15, -0.1) is 0 Å². The van der Waals surface area contributed by atoms with Crippen LogP contribution in [0.1, 0.15) is 46.5 Å². The summed E-state index contributed by atoms with van der Waals surface area (Å²) < 4.78 is 0. The molecule has 2 rings (SSSR count). The van der Waals surface area contributed by atoms with E-state index in [4.69, 9.17) is 0 Å². The monoisotopic (exact) mass is 167 g/mol. The zero-order valence-electron chi connectivity index (χ0n) is 8.61. The van der Waals surface area contributed by atoms with Gasteiger partial charge in [-0.3, -0.25) is 0 Å². The smallest absolute Gasteiger partial charge is 0.0176 e. The van der Waals surface area contributed by atoms with Gasteiger partial charge in [-0.1, -0.05) is 13.8 Å². The van der Waals surface area contributed by atoms with Crippen LogP contribution in [0.15, 0.2) is 0 Å². The first kappa shape index (κ1) is 8.55. The highest BCUT2D eigenvalue weighted by molar-refractivity contribution is 5.03. The Balaban J connectivity index is 1.96. The van der Waals surface area contributed by atoms with E-state index < -0.39 is 0 Å². The molecule has 1 aliphatic heterocycles. The maximum Gasteiger partial charge on any atom is 0.0176 e. The second-order valence-electron chi connectivity index (χ2n) is 5.43. The number of rotatable bonds is 1. The van der Waals surface area contributed by atoms with Gasteiger partial charge < -0.3 is 5.32 Å². The van der Waals surface area contributed by atoms with E-state index in [0.717, 1.165) is 11.3 Å². The molecule has 0 bridgehead atoms. The maximum atomic E-state index is 3.75. The summed E-state index contributed by atoms with van der Waals surface area (Å²) in [6, 6.07) is 0. The SMILES string of the molecule is CC(C)C1(C)CCC2(CC2)CN1. The Hall–Kier alpha value is -0.0400. The molecule has 2 aliphatic rings. The summed E-state index contributed by atoms with van der Waals surface area (Å²) in [6.45, 7) is 8.32. The van der Waals surface area contributed by atoms with Crippen molar-refractivity contribution in [3.8, 4) is 0 Å². The van der Waals surface area contributed by atoms with Crippen LogP contribution in [0, 0.1) is 11.3 Å². The van der Waals surface area contributed by atoms with Gasteiger partial charge in [-0.05, 0) is 43.9 Å². The fourth-order valence-corrected chi connectivity index (χ4v) is 2.19. The van der Waals surface area contributed by atoms with Crippen molar-refractivity contribution in [2.24, 2.45) is 11.3 Å². The summed E-state index contributed by atoms with van der Waals surface area (Å²) in [5, 5.41) is 3.75. The zero-order chi connectivity index (χ0) is 8.82. The van der Waals surface area contributed by atoms with Gasteiger partial charge in [0, 0.05) is 12.1 Å². The molecule has 0 aromatic heterocycles. The average molecular weight is 167 g/mol. The average Bonchev–Trinajstić information content (AvgIpc) is 2.77. The second kappa shape index (κ2) is 2.47. The maximum absolute atomic E-state index is 3.75. The van der Waals surface area contributed by atoms with Crippen LogP contribution in [0.3, 0.4) is 0 Å². The van der Waals surface area contributed by atoms with Gasteiger partial charge in [0.25, 0.3) is 0 Å². The van der Waals surface area contributed by atoms with E-state index in [1.54, 1.807) is 0 Å². The first-order valence-electron chi connectivity index (χ1n) is 5.31. The molecular formula is C11H21N. The lowest BCUT2D eigenvalue weighted by Gasteiger charge is -2.42.